The normalized spacial score (nSPS) is 29.3. The Kier molecular flexibility index (Phi) is 3.35. The zero-order valence-corrected chi connectivity index (χ0v) is 11.1. The maximum Gasteiger partial charge on any atom is 0.337 e. The summed E-state index contributed by atoms with van der Waals surface area (Å²) in [6.45, 7) is 7.01. The highest BCUT2D eigenvalue weighted by atomic mass is 16.5. The van der Waals surface area contributed by atoms with Gasteiger partial charge in [0.2, 0.25) is 0 Å². The number of imide groups is 1. The van der Waals surface area contributed by atoms with Crippen molar-refractivity contribution in [1.29, 1.82) is 0 Å². The van der Waals surface area contributed by atoms with Gasteiger partial charge in [0.15, 0.2) is 5.60 Å². The fourth-order valence-electron chi connectivity index (χ4n) is 2.57. The molecule has 1 aliphatic heterocycles. The molecule has 0 radical (unpaired) electrons. The second-order valence-corrected chi connectivity index (χ2v) is 4.80. The maximum atomic E-state index is 12.1. The largest absolute Gasteiger partial charge is 0.467 e. The third kappa shape index (κ3) is 1.80. The first-order chi connectivity index (χ1) is 9.39. The van der Waals surface area contributed by atoms with Crippen molar-refractivity contribution in [3.8, 4) is 0 Å². The molecule has 1 N–H and O–H groups in total. The van der Waals surface area contributed by atoms with Crippen LogP contribution in [0.2, 0.25) is 0 Å². The second kappa shape index (κ2) is 4.72. The number of hydrogen-bond donors (Lipinski definition) is 1. The Bertz CT molecular complexity index is 524. The first-order valence-electron chi connectivity index (χ1n) is 6.07. The molecule has 2 aliphatic rings. The third-order valence-corrected chi connectivity index (χ3v) is 3.67. The van der Waals surface area contributed by atoms with Crippen molar-refractivity contribution in [2.24, 2.45) is 0 Å². The molecule has 2 rings (SSSR count). The van der Waals surface area contributed by atoms with Crippen molar-refractivity contribution in [3.05, 3.63) is 36.5 Å². The molecule has 20 heavy (non-hydrogen) atoms. The van der Waals surface area contributed by atoms with Gasteiger partial charge in [-0.25, -0.2) is 4.79 Å². The van der Waals surface area contributed by atoms with E-state index in [9.17, 15) is 19.5 Å². The number of carbonyl (C=O) groups is 3. The lowest BCUT2D eigenvalue weighted by atomic mass is 9.75. The molecule has 0 aromatic heterocycles. The molecule has 0 aromatic rings. The van der Waals surface area contributed by atoms with E-state index < -0.39 is 29.4 Å². The van der Waals surface area contributed by atoms with Gasteiger partial charge in [-0.05, 0) is 0 Å². The summed E-state index contributed by atoms with van der Waals surface area (Å²) >= 11 is 0. The smallest absolute Gasteiger partial charge is 0.337 e. The Labute approximate surface area is 116 Å². The Morgan fingerprint density at radius 3 is 2.10 bits per heavy atom. The summed E-state index contributed by atoms with van der Waals surface area (Å²) in [7, 11) is 1.17. The highest BCUT2D eigenvalue weighted by Gasteiger charge is 2.55. The molecule has 0 spiro atoms. The fraction of sp³-hybridized carbons (Fsp3) is 0.357. The van der Waals surface area contributed by atoms with Gasteiger partial charge in [-0.2, -0.15) is 0 Å². The topological polar surface area (TPSA) is 83.9 Å². The van der Waals surface area contributed by atoms with Gasteiger partial charge in [0, 0.05) is 18.9 Å². The predicted octanol–water partition coefficient (Wildman–Crippen LogP) is 0.0903. The minimum atomic E-state index is -1.62. The molecule has 1 saturated carbocycles. The van der Waals surface area contributed by atoms with E-state index in [-0.39, 0.29) is 24.0 Å². The number of carbonyl (C=O) groups excluding carboxylic acids is 3. The van der Waals surface area contributed by atoms with E-state index in [2.05, 4.69) is 17.9 Å². The molecular formula is C14H15NO5. The molecule has 0 atom stereocenters. The van der Waals surface area contributed by atoms with Crippen LogP contribution in [-0.2, 0) is 19.1 Å². The summed E-state index contributed by atoms with van der Waals surface area (Å²) in [5.74, 6) is -1.71. The number of rotatable bonds is 4. The van der Waals surface area contributed by atoms with Crippen LogP contribution in [0.1, 0.15) is 12.8 Å². The van der Waals surface area contributed by atoms with E-state index in [1.807, 2.05) is 0 Å². The summed E-state index contributed by atoms with van der Waals surface area (Å²) in [6, 6.07) is -0.522. The summed E-state index contributed by atoms with van der Waals surface area (Å²) in [6.07, 6.45) is 2.57. The van der Waals surface area contributed by atoms with Gasteiger partial charge in [0.1, 0.15) is 0 Å². The zero-order valence-electron chi connectivity index (χ0n) is 11.1. The number of ether oxygens (including phenoxy) is 1. The molecule has 6 nitrogen and oxygen atoms in total. The van der Waals surface area contributed by atoms with Crippen LogP contribution in [0.4, 0.5) is 0 Å². The quantitative estimate of drug-likeness (QED) is 0.581. The van der Waals surface area contributed by atoms with E-state index >= 15 is 0 Å². The summed E-state index contributed by atoms with van der Waals surface area (Å²) < 4.78 is 4.49. The van der Waals surface area contributed by atoms with E-state index in [4.69, 9.17) is 0 Å². The monoisotopic (exact) mass is 277 g/mol. The number of hydrogen-bond acceptors (Lipinski definition) is 5. The Morgan fingerprint density at radius 1 is 1.30 bits per heavy atom. The van der Waals surface area contributed by atoms with Gasteiger partial charge in [-0.3, -0.25) is 14.5 Å². The van der Waals surface area contributed by atoms with Crippen LogP contribution in [0.25, 0.3) is 0 Å². The van der Waals surface area contributed by atoms with Gasteiger partial charge in [-0.1, -0.05) is 25.3 Å². The van der Waals surface area contributed by atoms with Crippen molar-refractivity contribution in [3.63, 3.8) is 0 Å². The van der Waals surface area contributed by atoms with Crippen molar-refractivity contribution < 1.29 is 24.2 Å². The van der Waals surface area contributed by atoms with Gasteiger partial charge < -0.3 is 9.84 Å². The van der Waals surface area contributed by atoms with Gasteiger partial charge in [-0.15, -0.1) is 0 Å². The van der Waals surface area contributed by atoms with Crippen LogP contribution in [0.15, 0.2) is 36.5 Å². The van der Waals surface area contributed by atoms with Crippen LogP contribution in [0.5, 0.6) is 0 Å². The molecule has 0 bridgehead atoms. The van der Waals surface area contributed by atoms with Crippen LogP contribution >= 0.6 is 0 Å². The lowest BCUT2D eigenvalue weighted by Crippen LogP contribution is -2.61. The third-order valence-electron chi connectivity index (χ3n) is 3.67. The van der Waals surface area contributed by atoms with Gasteiger partial charge in [0.25, 0.3) is 11.8 Å². The SMILES string of the molecule is C=CC1=C(C=C)C(=O)N(C2CC(O)(C(=O)OC)C2)C1=O. The highest BCUT2D eigenvalue weighted by molar-refractivity contribution is 6.22. The van der Waals surface area contributed by atoms with Crippen LogP contribution in [0, 0.1) is 0 Å². The zero-order chi connectivity index (χ0) is 15.1. The van der Waals surface area contributed by atoms with Gasteiger partial charge >= 0.3 is 5.97 Å². The molecule has 1 fully saturated rings. The van der Waals surface area contributed by atoms with E-state index in [1.165, 1.54) is 19.3 Å². The van der Waals surface area contributed by atoms with Gasteiger partial charge in [0.05, 0.1) is 18.3 Å². The van der Waals surface area contributed by atoms with Crippen LogP contribution in [-0.4, -0.2) is 46.5 Å². The number of aliphatic hydroxyl groups is 1. The molecule has 6 heteroatoms. The predicted molar refractivity (Wildman–Crippen MR) is 69.3 cm³/mol. The molecular weight excluding hydrogens is 262 g/mol. The van der Waals surface area contributed by atoms with Crippen molar-refractivity contribution >= 4 is 17.8 Å². The first kappa shape index (κ1) is 14.2. The number of methoxy groups -OCH3 is 1. The summed E-state index contributed by atoms with van der Waals surface area (Å²) in [5.41, 5.74) is -1.23. The van der Waals surface area contributed by atoms with Crippen molar-refractivity contribution in [2.75, 3.05) is 7.11 Å². The number of amides is 2. The van der Waals surface area contributed by atoms with Crippen LogP contribution in [0.3, 0.4) is 0 Å². The maximum absolute atomic E-state index is 12.1. The summed E-state index contributed by atoms with van der Waals surface area (Å²) in [4.78, 5) is 36.7. The molecule has 0 unspecified atom stereocenters. The average Bonchev–Trinajstić information content (AvgIpc) is 2.64. The Hall–Kier alpha value is -2.21. The minimum Gasteiger partial charge on any atom is -0.467 e. The van der Waals surface area contributed by atoms with Crippen molar-refractivity contribution in [2.45, 2.75) is 24.5 Å². The molecule has 1 aliphatic carbocycles. The Balaban J connectivity index is 2.17. The standard InChI is InChI=1S/C14H15NO5/c1-4-9-10(5-2)12(17)15(11(9)16)8-6-14(19,7-8)13(18)20-3/h4-5,8,19H,1-2,6-7H2,3H3. The lowest BCUT2D eigenvalue weighted by molar-refractivity contribution is -0.182. The average molecular weight is 277 g/mol. The molecule has 2 amide bonds. The lowest BCUT2D eigenvalue weighted by Gasteiger charge is -2.44. The molecule has 0 aromatic carbocycles. The fourth-order valence-corrected chi connectivity index (χ4v) is 2.57. The number of nitrogens with zero attached hydrogens (tertiary/aromatic N) is 1. The van der Waals surface area contributed by atoms with E-state index in [0.29, 0.717) is 0 Å². The second-order valence-electron chi connectivity index (χ2n) is 4.80. The number of esters is 1. The molecule has 1 heterocycles. The van der Waals surface area contributed by atoms with E-state index in [0.717, 1.165) is 4.90 Å². The highest BCUT2D eigenvalue weighted by Crippen LogP contribution is 2.40. The Morgan fingerprint density at radius 2 is 1.75 bits per heavy atom. The summed E-state index contributed by atoms with van der Waals surface area (Å²) in [5, 5.41) is 9.95. The van der Waals surface area contributed by atoms with Crippen molar-refractivity contribution in [1.82, 2.24) is 4.90 Å². The molecule has 106 valence electrons. The first-order valence-corrected chi connectivity index (χ1v) is 6.07. The van der Waals surface area contributed by atoms with E-state index in [1.54, 1.807) is 0 Å². The molecule has 0 saturated heterocycles. The van der Waals surface area contributed by atoms with Crippen LogP contribution < -0.4 is 0 Å². The minimum absolute atomic E-state index is 0.0218.